The zero-order chi connectivity index (χ0) is 16.3. The van der Waals surface area contributed by atoms with E-state index in [2.05, 4.69) is 64.6 Å². The Labute approximate surface area is 135 Å². The third kappa shape index (κ3) is 3.51. The molecule has 0 spiro atoms. The summed E-state index contributed by atoms with van der Waals surface area (Å²) in [5.74, 6) is 0.547. The lowest BCUT2D eigenvalue weighted by Crippen LogP contribution is -2.00. The minimum Gasteiger partial charge on any atom is -0.256 e. The molecule has 2 heterocycles. The van der Waals surface area contributed by atoms with Crippen LogP contribution >= 0.6 is 0 Å². The van der Waals surface area contributed by atoms with Gasteiger partial charge in [0, 0.05) is 6.20 Å². The number of nitrogens with zero attached hydrogens (tertiary/aromatic N) is 4. The lowest BCUT2D eigenvalue weighted by atomic mass is 9.94. The van der Waals surface area contributed by atoms with Crippen molar-refractivity contribution in [3.8, 4) is 22.5 Å². The fourth-order valence-electron chi connectivity index (χ4n) is 2.29. The highest BCUT2D eigenvalue weighted by atomic mass is 15.5. The number of benzene rings is 1. The van der Waals surface area contributed by atoms with E-state index in [0.717, 1.165) is 22.4 Å². The topological polar surface area (TPSA) is 67.3 Å². The Bertz CT molecular complexity index is 799. The van der Waals surface area contributed by atoms with Gasteiger partial charge in [0.25, 0.3) is 0 Å². The summed E-state index contributed by atoms with van der Waals surface area (Å²) in [5.41, 5.74) is 3.92. The molecule has 0 aliphatic rings. The van der Waals surface area contributed by atoms with Crippen LogP contribution in [0.1, 0.15) is 26.5 Å². The average Bonchev–Trinajstić information content (AvgIpc) is 3.07. The summed E-state index contributed by atoms with van der Waals surface area (Å²) in [7, 11) is 0. The molecule has 0 radical (unpaired) electrons. The Morgan fingerprint density at radius 2 is 1.83 bits per heavy atom. The summed E-state index contributed by atoms with van der Waals surface area (Å²) in [4.78, 5) is 4.52. The van der Waals surface area contributed by atoms with E-state index in [9.17, 15) is 0 Å². The third-order valence-electron chi connectivity index (χ3n) is 3.38. The molecule has 5 heteroatoms. The van der Waals surface area contributed by atoms with E-state index in [1.165, 1.54) is 0 Å². The molecule has 0 atom stereocenters. The molecule has 2 aromatic heterocycles. The Kier molecular flexibility index (Phi) is 4.02. The number of allylic oxidation sites excluding steroid dienone is 1. The first-order chi connectivity index (χ1) is 11.0. The first-order valence-electron chi connectivity index (χ1n) is 7.52. The lowest BCUT2D eigenvalue weighted by Gasteiger charge is -2.13. The summed E-state index contributed by atoms with van der Waals surface area (Å²) in [6.07, 6.45) is 5.97. The number of nitrogens with one attached hydrogen (secondary N) is 1. The van der Waals surface area contributed by atoms with Crippen LogP contribution in [0, 0.1) is 5.41 Å². The molecular weight excluding hydrogens is 286 g/mol. The predicted octanol–water partition coefficient (Wildman–Crippen LogP) is 3.99. The monoisotopic (exact) mass is 305 g/mol. The van der Waals surface area contributed by atoms with Crippen molar-refractivity contribution >= 4 is 6.08 Å². The van der Waals surface area contributed by atoms with Crippen molar-refractivity contribution in [3.63, 3.8) is 0 Å². The van der Waals surface area contributed by atoms with Gasteiger partial charge in [-0.15, -0.1) is 10.2 Å². The Morgan fingerprint density at radius 3 is 2.48 bits per heavy atom. The molecule has 0 saturated heterocycles. The van der Waals surface area contributed by atoms with Crippen molar-refractivity contribution in [1.29, 1.82) is 0 Å². The van der Waals surface area contributed by atoms with Gasteiger partial charge in [-0.3, -0.25) is 4.98 Å². The van der Waals surface area contributed by atoms with Crippen molar-refractivity contribution in [3.05, 3.63) is 54.4 Å². The maximum atomic E-state index is 4.52. The minimum atomic E-state index is 0.0684. The van der Waals surface area contributed by atoms with Crippen LogP contribution in [0.3, 0.4) is 0 Å². The van der Waals surface area contributed by atoms with E-state index in [1.54, 1.807) is 0 Å². The lowest BCUT2D eigenvalue weighted by molar-refractivity contribution is 0.547. The first-order valence-corrected chi connectivity index (χ1v) is 7.52. The second kappa shape index (κ2) is 6.12. The molecule has 5 nitrogen and oxygen atoms in total. The van der Waals surface area contributed by atoms with Gasteiger partial charge in [0.1, 0.15) is 0 Å². The first kappa shape index (κ1) is 15.1. The van der Waals surface area contributed by atoms with Gasteiger partial charge in [0.15, 0.2) is 0 Å². The van der Waals surface area contributed by atoms with Crippen LogP contribution in [0.25, 0.3) is 28.6 Å². The zero-order valence-corrected chi connectivity index (χ0v) is 13.5. The van der Waals surface area contributed by atoms with Gasteiger partial charge >= 0.3 is 0 Å². The standard InChI is InChI=1S/C18H19N5/c1-18(2,3)11-9-15-16(17-20-22-23-21-17)14(10-12-19-15)13-7-5-4-6-8-13/h4-12H,1-3H3,(H,20,21,22,23). The largest absolute Gasteiger partial charge is 0.256 e. The van der Waals surface area contributed by atoms with Crippen molar-refractivity contribution in [2.75, 3.05) is 0 Å². The van der Waals surface area contributed by atoms with E-state index < -0.39 is 0 Å². The van der Waals surface area contributed by atoms with Gasteiger partial charge in [-0.2, -0.15) is 5.21 Å². The van der Waals surface area contributed by atoms with Crippen LogP contribution in [-0.4, -0.2) is 25.6 Å². The Balaban J connectivity index is 2.20. The fourth-order valence-corrected chi connectivity index (χ4v) is 2.29. The molecule has 116 valence electrons. The molecule has 1 aromatic carbocycles. The highest BCUT2D eigenvalue weighted by Crippen LogP contribution is 2.32. The second-order valence-corrected chi connectivity index (χ2v) is 6.42. The number of rotatable bonds is 3. The second-order valence-electron chi connectivity index (χ2n) is 6.42. The van der Waals surface area contributed by atoms with Crippen LogP contribution in [-0.2, 0) is 0 Å². The van der Waals surface area contributed by atoms with Gasteiger partial charge in [-0.05, 0) is 33.9 Å². The van der Waals surface area contributed by atoms with Crippen molar-refractivity contribution in [2.24, 2.45) is 5.41 Å². The molecule has 0 saturated carbocycles. The Morgan fingerprint density at radius 1 is 1.04 bits per heavy atom. The van der Waals surface area contributed by atoms with Crippen molar-refractivity contribution in [2.45, 2.75) is 20.8 Å². The fraction of sp³-hybridized carbons (Fsp3) is 0.222. The highest BCUT2D eigenvalue weighted by molar-refractivity contribution is 5.85. The number of pyridine rings is 1. The van der Waals surface area contributed by atoms with Crippen LogP contribution in [0.5, 0.6) is 0 Å². The van der Waals surface area contributed by atoms with Crippen LogP contribution in [0.4, 0.5) is 0 Å². The van der Waals surface area contributed by atoms with Crippen molar-refractivity contribution in [1.82, 2.24) is 25.6 Å². The molecule has 3 aromatic rings. The average molecular weight is 305 g/mol. The van der Waals surface area contributed by atoms with E-state index >= 15 is 0 Å². The van der Waals surface area contributed by atoms with Gasteiger partial charge in [0.2, 0.25) is 5.82 Å². The van der Waals surface area contributed by atoms with E-state index in [0.29, 0.717) is 5.82 Å². The molecule has 23 heavy (non-hydrogen) atoms. The normalized spacial score (nSPS) is 12.0. The van der Waals surface area contributed by atoms with Gasteiger partial charge in [0.05, 0.1) is 11.3 Å². The van der Waals surface area contributed by atoms with Crippen LogP contribution in [0.2, 0.25) is 0 Å². The molecule has 0 aliphatic heterocycles. The third-order valence-corrected chi connectivity index (χ3v) is 3.38. The number of aromatic amines is 1. The quantitative estimate of drug-likeness (QED) is 0.794. The smallest absolute Gasteiger partial charge is 0.207 e. The van der Waals surface area contributed by atoms with Gasteiger partial charge < -0.3 is 0 Å². The highest BCUT2D eigenvalue weighted by Gasteiger charge is 2.16. The predicted molar refractivity (Wildman–Crippen MR) is 91.3 cm³/mol. The number of hydrogen-bond donors (Lipinski definition) is 1. The van der Waals surface area contributed by atoms with E-state index in [4.69, 9.17) is 0 Å². The molecule has 0 unspecified atom stereocenters. The molecular formula is C18H19N5. The van der Waals surface area contributed by atoms with Gasteiger partial charge in [-0.1, -0.05) is 57.2 Å². The summed E-state index contributed by atoms with van der Waals surface area (Å²) in [5, 5.41) is 14.5. The summed E-state index contributed by atoms with van der Waals surface area (Å²) in [6.45, 7) is 6.45. The minimum absolute atomic E-state index is 0.0684. The van der Waals surface area contributed by atoms with Gasteiger partial charge in [-0.25, -0.2) is 0 Å². The molecule has 0 bridgehead atoms. The molecule has 0 aliphatic carbocycles. The summed E-state index contributed by atoms with van der Waals surface area (Å²) >= 11 is 0. The number of H-pyrrole nitrogens is 1. The van der Waals surface area contributed by atoms with Crippen molar-refractivity contribution < 1.29 is 0 Å². The molecule has 0 amide bonds. The molecule has 0 fully saturated rings. The van der Waals surface area contributed by atoms with Crippen LogP contribution < -0.4 is 0 Å². The molecule has 3 rings (SSSR count). The SMILES string of the molecule is CC(C)(C)C=Cc1nccc(-c2ccccc2)c1-c1nn[nH]n1. The maximum Gasteiger partial charge on any atom is 0.207 e. The number of aromatic nitrogens is 5. The summed E-state index contributed by atoms with van der Waals surface area (Å²) in [6, 6.07) is 12.1. The zero-order valence-electron chi connectivity index (χ0n) is 13.5. The molecule has 1 N–H and O–H groups in total. The maximum absolute atomic E-state index is 4.52. The van der Waals surface area contributed by atoms with Crippen LogP contribution in [0.15, 0.2) is 48.7 Å². The van der Waals surface area contributed by atoms with E-state index in [1.807, 2.05) is 36.5 Å². The Hall–Kier alpha value is -2.82. The van der Waals surface area contributed by atoms with E-state index in [-0.39, 0.29) is 5.41 Å². The summed E-state index contributed by atoms with van der Waals surface area (Å²) < 4.78 is 0. The number of tetrazole rings is 1. The number of hydrogen-bond acceptors (Lipinski definition) is 4.